The minimum atomic E-state index is 0.168. The number of benzene rings is 1. The van der Waals surface area contributed by atoms with E-state index in [1.807, 2.05) is 24.3 Å². The molecule has 2 unspecified atom stereocenters. The molecule has 1 N–H and O–H groups in total. The lowest BCUT2D eigenvalue weighted by molar-refractivity contribution is -0.122. The molecule has 1 saturated carbocycles. The lowest BCUT2D eigenvalue weighted by Gasteiger charge is -2.09. The van der Waals surface area contributed by atoms with E-state index in [0.29, 0.717) is 12.5 Å². The van der Waals surface area contributed by atoms with Crippen molar-refractivity contribution in [3.63, 3.8) is 0 Å². The maximum Gasteiger partial charge on any atom is 0.223 e. The molecule has 2 atom stereocenters. The van der Waals surface area contributed by atoms with E-state index < -0.39 is 0 Å². The largest absolute Gasteiger partial charge is 0.496 e. The van der Waals surface area contributed by atoms with Gasteiger partial charge in [-0.2, -0.15) is 0 Å². The van der Waals surface area contributed by atoms with Crippen LogP contribution in [0.5, 0.6) is 5.75 Å². The van der Waals surface area contributed by atoms with Crippen molar-refractivity contribution in [2.24, 2.45) is 5.92 Å². The fourth-order valence-corrected chi connectivity index (χ4v) is 3.57. The van der Waals surface area contributed by atoms with E-state index in [4.69, 9.17) is 4.74 Å². The highest BCUT2D eigenvalue weighted by atomic mass is 32.1. The van der Waals surface area contributed by atoms with Gasteiger partial charge in [0.2, 0.25) is 5.91 Å². The first-order valence-electron chi connectivity index (χ1n) is 7.22. The van der Waals surface area contributed by atoms with Crippen molar-refractivity contribution in [3.05, 3.63) is 52.2 Å². The summed E-state index contributed by atoms with van der Waals surface area (Å²) >= 11 is 1.74. The predicted molar refractivity (Wildman–Crippen MR) is 84.9 cm³/mol. The lowest BCUT2D eigenvalue weighted by atomic mass is 10.1. The molecule has 1 fully saturated rings. The highest BCUT2D eigenvalue weighted by molar-refractivity contribution is 7.10. The Bertz CT molecular complexity index is 609. The number of carbonyl (C=O) groups excluding carboxylic acids is 1. The smallest absolute Gasteiger partial charge is 0.223 e. The van der Waals surface area contributed by atoms with Crippen molar-refractivity contribution in [1.29, 1.82) is 0 Å². The average Bonchev–Trinajstić information content (AvgIpc) is 3.13. The van der Waals surface area contributed by atoms with Crippen LogP contribution in [-0.4, -0.2) is 19.6 Å². The summed E-state index contributed by atoms with van der Waals surface area (Å²) in [6, 6.07) is 12.1. The molecule has 0 aliphatic heterocycles. The topological polar surface area (TPSA) is 38.3 Å². The Balaban J connectivity index is 1.47. The lowest BCUT2D eigenvalue weighted by Crippen LogP contribution is -2.27. The minimum absolute atomic E-state index is 0.168. The van der Waals surface area contributed by atoms with Gasteiger partial charge in [-0.3, -0.25) is 4.79 Å². The Labute approximate surface area is 129 Å². The van der Waals surface area contributed by atoms with Crippen LogP contribution in [0.15, 0.2) is 41.8 Å². The highest BCUT2D eigenvalue weighted by Crippen LogP contribution is 2.49. The number of carbonyl (C=O) groups is 1. The van der Waals surface area contributed by atoms with Crippen molar-refractivity contribution in [2.75, 3.05) is 13.7 Å². The molecule has 1 amide bonds. The maximum atomic E-state index is 12.1. The molecule has 1 aliphatic carbocycles. The zero-order chi connectivity index (χ0) is 14.7. The third-order valence-electron chi connectivity index (χ3n) is 3.92. The van der Waals surface area contributed by atoms with Crippen molar-refractivity contribution in [2.45, 2.75) is 18.8 Å². The van der Waals surface area contributed by atoms with Gasteiger partial charge in [-0.15, -0.1) is 11.3 Å². The van der Waals surface area contributed by atoms with Gasteiger partial charge < -0.3 is 10.1 Å². The zero-order valence-electron chi connectivity index (χ0n) is 12.0. The summed E-state index contributed by atoms with van der Waals surface area (Å²) in [7, 11) is 1.67. The molecule has 0 bridgehead atoms. The van der Waals surface area contributed by atoms with Gasteiger partial charge >= 0.3 is 0 Å². The molecule has 1 heterocycles. The second kappa shape index (κ2) is 6.31. The Kier molecular flexibility index (Phi) is 4.25. The van der Waals surface area contributed by atoms with Crippen LogP contribution in [0.3, 0.4) is 0 Å². The first-order valence-corrected chi connectivity index (χ1v) is 8.10. The molecule has 4 heteroatoms. The van der Waals surface area contributed by atoms with Gasteiger partial charge in [0.25, 0.3) is 0 Å². The number of amides is 1. The fourth-order valence-electron chi connectivity index (χ4n) is 2.66. The summed E-state index contributed by atoms with van der Waals surface area (Å²) in [4.78, 5) is 13.5. The van der Waals surface area contributed by atoms with Gasteiger partial charge in [-0.25, -0.2) is 0 Å². The molecule has 0 spiro atoms. The van der Waals surface area contributed by atoms with Crippen LogP contribution in [0.25, 0.3) is 0 Å². The number of ether oxygens (including phenoxy) is 1. The Hall–Kier alpha value is -1.81. The zero-order valence-corrected chi connectivity index (χ0v) is 12.9. The van der Waals surface area contributed by atoms with Crippen molar-refractivity contribution < 1.29 is 9.53 Å². The van der Waals surface area contributed by atoms with E-state index in [2.05, 4.69) is 22.8 Å². The molecule has 1 aromatic carbocycles. The van der Waals surface area contributed by atoms with E-state index in [1.165, 1.54) is 4.88 Å². The summed E-state index contributed by atoms with van der Waals surface area (Å²) in [5.74, 6) is 1.68. The predicted octanol–water partition coefficient (Wildman–Crippen LogP) is 3.22. The number of hydrogen-bond donors (Lipinski definition) is 1. The Morgan fingerprint density at radius 3 is 2.95 bits per heavy atom. The van der Waals surface area contributed by atoms with Crippen LogP contribution in [0.4, 0.5) is 0 Å². The number of nitrogens with one attached hydrogen (secondary N) is 1. The molecule has 21 heavy (non-hydrogen) atoms. The fraction of sp³-hybridized carbons (Fsp3) is 0.353. The van der Waals surface area contributed by atoms with Gasteiger partial charge in [0, 0.05) is 23.3 Å². The molecule has 1 aromatic heterocycles. The third kappa shape index (κ3) is 3.27. The first kappa shape index (κ1) is 14.1. The second-order valence-corrected chi connectivity index (χ2v) is 6.30. The van der Waals surface area contributed by atoms with Crippen molar-refractivity contribution in [1.82, 2.24) is 5.32 Å². The molecule has 0 radical (unpaired) electrons. The molecule has 3 rings (SSSR count). The number of hydrogen-bond acceptors (Lipinski definition) is 3. The maximum absolute atomic E-state index is 12.1. The van der Waals surface area contributed by atoms with Crippen LogP contribution >= 0.6 is 11.3 Å². The SMILES string of the molecule is COc1ccccc1CCNC(=O)C1CC1c1cccs1. The van der Waals surface area contributed by atoms with Gasteiger partial charge in [-0.1, -0.05) is 24.3 Å². The van der Waals surface area contributed by atoms with Crippen LogP contribution in [0, 0.1) is 5.92 Å². The van der Waals surface area contributed by atoms with Gasteiger partial charge in [0.05, 0.1) is 7.11 Å². The van der Waals surface area contributed by atoms with E-state index in [9.17, 15) is 4.79 Å². The molecule has 1 aliphatic rings. The number of thiophene rings is 1. The Morgan fingerprint density at radius 1 is 1.33 bits per heavy atom. The molecule has 110 valence electrons. The van der Waals surface area contributed by atoms with Crippen molar-refractivity contribution >= 4 is 17.2 Å². The van der Waals surface area contributed by atoms with Crippen molar-refractivity contribution in [3.8, 4) is 5.75 Å². The van der Waals surface area contributed by atoms with Crippen LogP contribution < -0.4 is 10.1 Å². The van der Waals surface area contributed by atoms with Crippen LogP contribution in [0.2, 0.25) is 0 Å². The first-order chi connectivity index (χ1) is 10.3. The number of para-hydroxylation sites is 1. The van der Waals surface area contributed by atoms with E-state index in [0.717, 1.165) is 24.2 Å². The van der Waals surface area contributed by atoms with Gasteiger partial charge in [0.15, 0.2) is 0 Å². The van der Waals surface area contributed by atoms with Crippen LogP contribution in [-0.2, 0) is 11.2 Å². The number of rotatable bonds is 6. The molecule has 3 nitrogen and oxygen atoms in total. The van der Waals surface area contributed by atoms with Gasteiger partial charge in [0.1, 0.15) is 5.75 Å². The molecular formula is C17H19NO2S. The summed E-state index contributed by atoms with van der Waals surface area (Å²) in [5.41, 5.74) is 1.13. The van der Waals surface area contributed by atoms with Crippen LogP contribution in [0.1, 0.15) is 22.8 Å². The molecule has 2 aromatic rings. The Morgan fingerprint density at radius 2 is 2.19 bits per heavy atom. The summed E-state index contributed by atoms with van der Waals surface area (Å²) in [6.07, 6.45) is 1.78. The highest BCUT2D eigenvalue weighted by Gasteiger charge is 2.44. The number of methoxy groups -OCH3 is 1. The molecular weight excluding hydrogens is 282 g/mol. The summed E-state index contributed by atoms with van der Waals surface area (Å²) in [6.45, 7) is 0.660. The second-order valence-electron chi connectivity index (χ2n) is 5.32. The quantitative estimate of drug-likeness (QED) is 0.889. The standard InChI is InChI=1S/C17H19NO2S/c1-20-15-6-3-2-5-12(15)8-9-18-17(19)14-11-13(14)16-7-4-10-21-16/h2-7,10,13-14H,8-9,11H2,1H3,(H,18,19). The summed E-state index contributed by atoms with van der Waals surface area (Å²) < 4.78 is 5.32. The molecule has 0 saturated heterocycles. The van der Waals surface area contributed by atoms with E-state index >= 15 is 0 Å². The van der Waals surface area contributed by atoms with E-state index in [1.54, 1.807) is 18.4 Å². The van der Waals surface area contributed by atoms with E-state index in [-0.39, 0.29) is 11.8 Å². The average molecular weight is 301 g/mol. The normalized spacial score (nSPS) is 20.0. The summed E-state index contributed by atoms with van der Waals surface area (Å²) in [5, 5.41) is 5.12. The third-order valence-corrected chi connectivity index (χ3v) is 4.93. The monoisotopic (exact) mass is 301 g/mol. The van der Waals surface area contributed by atoms with Gasteiger partial charge in [-0.05, 0) is 35.9 Å². The minimum Gasteiger partial charge on any atom is -0.496 e.